The van der Waals surface area contributed by atoms with Crippen molar-refractivity contribution in [3.05, 3.63) is 65.7 Å². The normalized spacial score (nSPS) is 23.8. The van der Waals surface area contributed by atoms with Crippen LogP contribution in [0.2, 0.25) is 0 Å². The fourth-order valence-corrected chi connectivity index (χ4v) is 5.01. The minimum Gasteiger partial charge on any atom is -0.494 e. The predicted octanol–water partition coefficient (Wildman–Crippen LogP) is 2.38. The Bertz CT molecular complexity index is 1060. The van der Waals surface area contributed by atoms with Crippen LogP contribution < -0.4 is 15.4 Å². The van der Waals surface area contributed by atoms with Crippen LogP contribution in [0, 0.1) is 0 Å². The van der Waals surface area contributed by atoms with E-state index >= 15 is 0 Å². The van der Waals surface area contributed by atoms with Crippen LogP contribution in [-0.2, 0) is 27.2 Å². The van der Waals surface area contributed by atoms with Crippen LogP contribution in [-0.4, -0.2) is 65.6 Å². The summed E-state index contributed by atoms with van der Waals surface area (Å²) in [6, 6.07) is 15.5. The third-order valence-electron chi connectivity index (χ3n) is 7.10. The van der Waals surface area contributed by atoms with Gasteiger partial charge in [-0.05, 0) is 61.8 Å². The maximum absolute atomic E-state index is 13.7. The summed E-state index contributed by atoms with van der Waals surface area (Å²) in [5, 5.41) is 15.8. The van der Waals surface area contributed by atoms with E-state index in [2.05, 4.69) is 10.6 Å². The van der Waals surface area contributed by atoms with E-state index in [0.29, 0.717) is 51.7 Å². The number of fused-ring (bicyclic) bond motifs is 2. The highest BCUT2D eigenvalue weighted by atomic mass is 16.5. The maximum Gasteiger partial charge on any atom is 0.243 e. The summed E-state index contributed by atoms with van der Waals surface area (Å²) < 4.78 is 5.91. The van der Waals surface area contributed by atoms with E-state index in [1.54, 1.807) is 4.90 Å². The summed E-state index contributed by atoms with van der Waals surface area (Å²) in [6.45, 7) is 0.850. The van der Waals surface area contributed by atoms with Gasteiger partial charge in [-0.3, -0.25) is 14.4 Å². The first-order valence-electron chi connectivity index (χ1n) is 13.3. The number of carbonyl (C=O) groups is 3. The number of likely N-dealkylation sites (tertiary alicyclic amines) is 1. The first kappa shape index (κ1) is 26.7. The van der Waals surface area contributed by atoms with Gasteiger partial charge in [-0.2, -0.15) is 0 Å². The van der Waals surface area contributed by atoms with Gasteiger partial charge in [-0.15, -0.1) is 0 Å². The number of aliphatic hydroxyl groups is 1. The molecule has 2 bridgehead atoms. The first-order chi connectivity index (χ1) is 18.0. The molecule has 3 N–H and O–H groups in total. The fraction of sp³-hybridized carbons (Fsp3) is 0.483. The minimum atomic E-state index is -0.787. The molecule has 8 nitrogen and oxygen atoms in total. The zero-order valence-electron chi connectivity index (χ0n) is 21.2. The van der Waals surface area contributed by atoms with E-state index in [0.717, 1.165) is 29.7 Å². The number of hydrogen-bond donors (Lipinski definition) is 3. The van der Waals surface area contributed by atoms with Crippen molar-refractivity contribution in [1.29, 1.82) is 0 Å². The molecule has 37 heavy (non-hydrogen) atoms. The number of amides is 3. The lowest BCUT2D eigenvalue weighted by Gasteiger charge is -2.30. The molecular weight excluding hydrogens is 470 g/mol. The molecule has 198 valence electrons. The van der Waals surface area contributed by atoms with Crippen LogP contribution in [0.4, 0.5) is 0 Å². The van der Waals surface area contributed by atoms with Gasteiger partial charge in [0, 0.05) is 19.4 Å². The van der Waals surface area contributed by atoms with Crippen molar-refractivity contribution in [3.63, 3.8) is 0 Å². The molecule has 4 rings (SSSR count). The average Bonchev–Trinajstić information content (AvgIpc) is 3.34. The Hall–Kier alpha value is -3.39. The Morgan fingerprint density at radius 1 is 0.946 bits per heavy atom. The third-order valence-corrected chi connectivity index (χ3v) is 7.10. The van der Waals surface area contributed by atoms with Gasteiger partial charge < -0.3 is 25.4 Å². The highest BCUT2D eigenvalue weighted by Gasteiger charge is 2.35. The van der Waals surface area contributed by atoms with E-state index in [1.807, 2.05) is 54.6 Å². The third kappa shape index (κ3) is 7.55. The molecular formula is C29H37N3O5. The number of benzene rings is 2. The molecule has 0 unspecified atom stereocenters. The molecule has 1 fully saturated rings. The lowest BCUT2D eigenvalue weighted by Crippen LogP contribution is -2.56. The molecule has 1 saturated heterocycles. The number of rotatable bonds is 5. The monoisotopic (exact) mass is 507 g/mol. The topological polar surface area (TPSA) is 108 Å². The molecule has 0 aromatic heterocycles. The van der Waals surface area contributed by atoms with Crippen molar-refractivity contribution < 1.29 is 24.2 Å². The van der Waals surface area contributed by atoms with E-state index < -0.39 is 18.1 Å². The van der Waals surface area contributed by atoms with Crippen molar-refractivity contribution in [3.8, 4) is 5.75 Å². The van der Waals surface area contributed by atoms with Crippen molar-refractivity contribution in [2.24, 2.45) is 0 Å². The van der Waals surface area contributed by atoms with E-state index in [4.69, 9.17) is 4.74 Å². The Balaban J connectivity index is 1.60. The van der Waals surface area contributed by atoms with Gasteiger partial charge in [0.05, 0.1) is 19.3 Å². The zero-order valence-corrected chi connectivity index (χ0v) is 21.2. The fourth-order valence-electron chi connectivity index (χ4n) is 5.01. The van der Waals surface area contributed by atoms with Crippen molar-refractivity contribution in [2.75, 3.05) is 19.8 Å². The van der Waals surface area contributed by atoms with Crippen LogP contribution in [0.15, 0.2) is 54.6 Å². The number of nitrogens with zero attached hydrogens (tertiary/aromatic N) is 1. The lowest BCUT2D eigenvalue weighted by molar-refractivity contribution is -0.138. The summed E-state index contributed by atoms with van der Waals surface area (Å²) >= 11 is 0. The van der Waals surface area contributed by atoms with Gasteiger partial charge >= 0.3 is 0 Å². The minimum absolute atomic E-state index is 0.0485. The van der Waals surface area contributed by atoms with Crippen LogP contribution in [0.3, 0.4) is 0 Å². The van der Waals surface area contributed by atoms with Crippen LogP contribution >= 0.6 is 0 Å². The lowest BCUT2D eigenvalue weighted by atomic mass is 10.0. The second-order valence-corrected chi connectivity index (χ2v) is 9.88. The Morgan fingerprint density at radius 2 is 1.78 bits per heavy atom. The van der Waals surface area contributed by atoms with Crippen LogP contribution in [0.5, 0.6) is 5.75 Å². The van der Waals surface area contributed by atoms with E-state index in [9.17, 15) is 19.5 Å². The molecule has 2 aromatic rings. The van der Waals surface area contributed by atoms with Gasteiger partial charge in [0.25, 0.3) is 0 Å². The Labute approximate surface area is 218 Å². The van der Waals surface area contributed by atoms with Gasteiger partial charge in [0.1, 0.15) is 17.8 Å². The molecule has 3 atom stereocenters. The molecule has 2 aliphatic heterocycles. The van der Waals surface area contributed by atoms with E-state index in [-0.39, 0.29) is 24.3 Å². The number of hydrogen-bond acceptors (Lipinski definition) is 5. The molecule has 3 amide bonds. The summed E-state index contributed by atoms with van der Waals surface area (Å²) in [7, 11) is 0. The molecule has 2 heterocycles. The van der Waals surface area contributed by atoms with Gasteiger partial charge in [-0.25, -0.2) is 0 Å². The highest BCUT2D eigenvalue weighted by Crippen LogP contribution is 2.21. The van der Waals surface area contributed by atoms with Crippen molar-refractivity contribution in [1.82, 2.24) is 15.5 Å². The summed E-state index contributed by atoms with van der Waals surface area (Å²) in [4.78, 5) is 41.3. The summed E-state index contributed by atoms with van der Waals surface area (Å²) in [5.41, 5.74) is 1.97. The molecule has 2 aromatic carbocycles. The zero-order chi connectivity index (χ0) is 26.0. The number of nitrogens with one attached hydrogen (secondary N) is 2. The smallest absolute Gasteiger partial charge is 0.243 e. The molecule has 0 spiro atoms. The Kier molecular flexibility index (Phi) is 9.54. The quantitative estimate of drug-likeness (QED) is 0.576. The second kappa shape index (κ2) is 13.2. The standard InChI is InChI=1S/C29H37N3O5/c33-20-23-11-4-5-17-37-24-12-6-10-22(18-24)19-26(32-16-7-13-27(32)34)29(36)31-25(28(35)30-23)15-14-21-8-2-1-3-9-21/h1-3,6,8-10,12,18,23,25-26,33H,4-5,7,11,13-17,19-20H2,(H,30,35)(H,31,36)/t23-,25-,26-/m0/s1. The SMILES string of the molecule is O=C1N[C@H](CO)CCCCOc2cccc(c2)C[C@H](N2CCCC2=O)C(=O)N[C@H]1CCc1ccccc1. The Morgan fingerprint density at radius 3 is 2.54 bits per heavy atom. The molecule has 2 aliphatic rings. The largest absolute Gasteiger partial charge is 0.494 e. The molecule has 0 saturated carbocycles. The summed E-state index contributed by atoms with van der Waals surface area (Å²) in [5.74, 6) is 0.0134. The average molecular weight is 508 g/mol. The van der Waals surface area contributed by atoms with Crippen LogP contribution in [0.1, 0.15) is 49.7 Å². The number of carbonyl (C=O) groups excluding carboxylic acids is 3. The van der Waals surface area contributed by atoms with Crippen molar-refractivity contribution >= 4 is 17.7 Å². The first-order valence-corrected chi connectivity index (χ1v) is 13.3. The number of aryl methyl sites for hydroxylation is 1. The molecule has 0 aliphatic carbocycles. The van der Waals surface area contributed by atoms with Gasteiger partial charge in [-0.1, -0.05) is 42.5 Å². The van der Waals surface area contributed by atoms with Crippen LogP contribution in [0.25, 0.3) is 0 Å². The number of ether oxygens (including phenoxy) is 1. The molecule has 0 radical (unpaired) electrons. The van der Waals surface area contributed by atoms with E-state index in [1.165, 1.54) is 0 Å². The van der Waals surface area contributed by atoms with Gasteiger partial charge in [0.15, 0.2) is 0 Å². The number of aliphatic hydroxyl groups excluding tert-OH is 1. The maximum atomic E-state index is 13.7. The predicted molar refractivity (Wildman–Crippen MR) is 140 cm³/mol. The second-order valence-electron chi connectivity index (χ2n) is 9.88. The summed E-state index contributed by atoms with van der Waals surface area (Å²) in [6.07, 6.45) is 4.66. The molecule has 8 heteroatoms. The highest BCUT2D eigenvalue weighted by molar-refractivity contribution is 5.92. The van der Waals surface area contributed by atoms with Gasteiger partial charge in [0.2, 0.25) is 17.7 Å². The van der Waals surface area contributed by atoms with Crippen molar-refractivity contribution in [2.45, 2.75) is 69.5 Å².